The van der Waals surface area contributed by atoms with Gasteiger partial charge in [0.1, 0.15) is 0 Å². The molecule has 1 aliphatic rings. The summed E-state index contributed by atoms with van der Waals surface area (Å²) in [7, 11) is 0. The number of carbonyl (C=O) groups excluding carboxylic acids is 1. The van der Waals surface area contributed by atoms with Crippen LogP contribution in [0, 0.1) is 0 Å². The van der Waals surface area contributed by atoms with Gasteiger partial charge < -0.3 is 30.5 Å². The number of fused-ring (bicyclic) bond motifs is 1. The second-order valence-corrected chi connectivity index (χ2v) is 8.42. The van der Waals surface area contributed by atoms with Crippen molar-refractivity contribution < 1.29 is 84.3 Å². The average Bonchev–Trinajstić information content (AvgIpc) is 2.77. The number of benzene rings is 2. The van der Waals surface area contributed by atoms with Crippen molar-refractivity contribution in [2.24, 2.45) is 0 Å². The van der Waals surface area contributed by atoms with Gasteiger partial charge in [-0.3, -0.25) is 0 Å². The molecule has 3 rings (SSSR count). The van der Waals surface area contributed by atoms with E-state index in [9.17, 15) is 25.2 Å². The van der Waals surface area contributed by atoms with Crippen LogP contribution < -0.4 is 74.6 Å². The minimum atomic E-state index is -0.978. The molecule has 3 N–H and O–H groups in total. The summed E-state index contributed by atoms with van der Waals surface area (Å²) in [6.45, 7) is 0.0620. The number of hydrogen-bond donors (Lipinski definition) is 3. The van der Waals surface area contributed by atoms with Crippen molar-refractivity contribution in [2.75, 3.05) is 6.54 Å². The molecule has 0 spiro atoms. The normalized spacial score (nSPS) is 15.6. The van der Waals surface area contributed by atoms with Crippen LogP contribution in [0.25, 0.3) is 0 Å². The van der Waals surface area contributed by atoms with E-state index >= 15 is 0 Å². The molecule has 0 saturated heterocycles. The van der Waals surface area contributed by atoms with Gasteiger partial charge in [0.2, 0.25) is 0 Å². The molecule has 0 fully saturated rings. The molecule has 1 aliphatic carbocycles. The predicted octanol–water partition coefficient (Wildman–Crippen LogP) is -4.71. The van der Waals surface area contributed by atoms with E-state index in [0.29, 0.717) is 24.1 Å². The summed E-state index contributed by atoms with van der Waals surface area (Å²) < 4.78 is 0. The standard InChI is InChI=1S/C25H33NO5.2Na/c27-16-21-13-19(9-11-23(21)28)24(29)15-26-22-10-8-18-7-6-17(12-20(18)14-22)4-2-1-3-5-25(30)31;;/h6-7,9,11-13,22,24,26-29H,1-5,8,10,14-16H2,(H,30,31);;/q;2*+1/p-2/t22-,24?;;/m0../s1. The molecule has 33 heavy (non-hydrogen) atoms. The Bertz CT molecular complexity index is 893. The van der Waals surface area contributed by atoms with Crippen LogP contribution in [0.15, 0.2) is 36.4 Å². The van der Waals surface area contributed by atoms with E-state index in [2.05, 4.69) is 23.5 Å². The monoisotopic (exact) mass is 471 g/mol. The number of carboxylic acid groups (broad SMARTS) is 1. The topological polar surface area (TPSA) is 116 Å². The van der Waals surface area contributed by atoms with E-state index in [0.717, 1.165) is 38.5 Å². The Balaban J connectivity index is 0.00000272. The van der Waals surface area contributed by atoms with E-state index in [1.165, 1.54) is 22.8 Å². The molecule has 6 nitrogen and oxygen atoms in total. The molecular formula is C25H31NNa2O5. The Hall–Kier alpha value is -0.410. The van der Waals surface area contributed by atoms with Crippen LogP contribution in [-0.4, -0.2) is 28.8 Å². The summed E-state index contributed by atoms with van der Waals surface area (Å²) in [5.74, 6) is -1.20. The summed E-state index contributed by atoms with van der Waals surface area (Å²) >= 11 is 0. The van der Waals surface area contributed by atoms with Gasteiger partial charge in [0.15, 0.2) is 0 Å². The average molecular weight is 472 g/mol. The summed E-state index contributed by atoms with van der Waals surface area (Å²) in [6.07, 6.45) is 5.76. The van der Waals surface area contributed by atoms with Gasteiger partial charge in [-0.25, -0.2) is 0 Å². The summed E-state index contributed by atoms with van der Waals surface area (Å²) in [5.41, 5.74) is 4.92. The van der Waals surface area contributed by atoms with Gasteiger partial charge in [-0.2, -0.15) is 0 Å². The largest absolute Gasteiger partial charge is 1.00 e. The molecule has 8 heteroatoms. The number of aryl methyl sites for hydroxylation is 2. The third kappa shape index (κ3) is 9.63. The molecule has 0 aliphatic heterocycles. The molecule has 2 aromatic rings. The number of aliphatic hydroxyl groups excluding tert-OH is 2. The summed E-state index contributed by atoms with van der Waals surface area (Å²) in [5, 5.41) is 45.3. The molecule has 0 saturated carbocycles. The second kappa shape index (κ2) is 15.6. The number of carbonyl (C=O) groups is 1. The van der Waals surface area contributed by atoms with E-state index in [-0.39, 0.29) is 83.9 Å². The Morgan fingerprint density at radius 3 is 2.61 bits per heavy atom. The van der Waals surface area contributed by atoms with Gasteiger partial charge in [-0.05, 0) is 72.8 Å². The van der Waals surface area contributed by atoms with Crippen LogP contribution in [-0.2, 0) is 30.7 Å². The van der Waals surface area contributed by atoms with Gasteiger partial charge in [0.25, 0.3) is 0 Å². The summed E-state index contributed by atoms with van der Waals surface area (Å²) in [4.78, 5) is 10.5. The number of unbranched alkanes of at least 4 members (excludes halogenated alkanes) is 2. The molecular weight excluding hydrogens is 440 g/mol. The zero-order chi connectivity index (χ0) is 22.2. The Morgan fingerprint density at radius 2 is 1.88 bits per heavy atom. The maximum atomic E-state index is 11.6. The number of hydrogen-bond acceptors (Lipinski definition) is 6. The predicted molar refractivity (Wildman–Crippen MR) is 114 cm³/mol. The third-order valence-electron chi connectivity index (χ3n) is 6.09. The SMILES string of the molecule is O=C([O-])CCCCCc1ccc2c(c1)C[C@@H](NCC(O)c1ccc([O-])c(CO)c1)CC2.[Na+].[Na+]. The maximum absolute atomic E-state index is 11.6. The van der Waals surface area contributed by atoms with Crippen LogP contribution in [0.5, 0.6) is 5.75 Å². The Morgan fingerprint density at radius 1 is 1.09 bits per heavy atom. The first-order valence-electron chi connectivity index (χ1n) is 11.1. The fourth-order valence-electron chi connectivity index (χ4n) is 4.24. The zero-order valence-corrected chi connectivity index (χ0v) is 23.8. The molecule has 0 amide bonds. The molecule has 1 unspecified atom stereocenters. The van der Waals surface area contributed by atoms with Crippen molar-refractivity contribution in [1.82, 2.24) is 5.32 Å². The summed E-state index contributed by atoms with van der Waals surface area (Å²) in [6, 6.07) is 11.5. The Kier molecular flexibility index (Phi) is 14.4. The minimum absolute atomic E-state index is 0. The Labute approximate surface area is 240 Å². The minimum Gasteiger partial charge on any atom is -0.872 e. The number of aliphatic hydroxyl groups is 2. The number of aliphatic carboxylic acids is 1. The fourth-order valence-corrected chi connectivity index (χ4v) is 4.24. The molecule has 0 radical (unpaired) electrons. The van der Waals surface area contributed by atoms with Gasteiger partial charge >= 0.3 is 59.1 Å². The first kappa shape index (κ1) is 30.6. The van der Waals surface area contributed by atoms with Crippen LogP contribution >= 0.6 is 0 Å². The molecule has 168 valence electrons. The first-order chi connectivity index (χ1) is 15.0. The smallest absolute Gasteiger partial charge is 0.872 e. The van der Waals surface area contributed by atoms with Gasteiger partial charge in [-0.15, -0.1) is 5.75 Å². The number of carboxylic acids is 1. The van der Waals surface area contributed by atoms with Crippen molar-refractivity contribution in [2.45, 2.75) is 70.1 Å². The van der Waals surface area contributed by atoms with E-state index in [1.54, 1.807) is 12.1 Å². The maximum Gasteiger partial charge on any atom is 1.00 e. The molecule has 2 atom stereocenters. The van der Waals surface area contributed by atoms with Gasteiger partial charge in [-0.1, -0.05) is 42.8 Å². The van der Waals surface area contributed by atoms with Crippen molar-refractivity contribution in [3.05, 3.63) is 64.2 Å². The number of rotatable bonds is 11. The van der Waals surface area contributed by atoms with E-state index in [1.807, 2.05) is 0 Å². The van der Waals surface area contributed by atoms with E-state index in [4.69, 9.17) is 0 Å². The van der Waals surface area contributed by atoms with E-state index < -0.39 is 12.1 Å². The molecule has 2 aromatic carbocycles. The van der Waals surface area contributed by atoms with Crippen molar-refractivity contribution >= 4 is 5.97 Å². The van der Waals surface area contributed by atoms with Crippen molar-refractivity contribution in [1.29, 1.82) is 0 Å². The quantitative estimate of drug-likeness (QED) is 0.224. The first-order valence-corrected chi connectivity index (χ1v) is 11.1. The van der Waals surface area contributed by atoms with Gasteiger partial charge in [0, 0.05) is 18.6 Å². The molecule has 0 aromatic heterocycles. The van der Waals surface area contributed by atoms with Crippen LogP contribution in [0.4, 0.5) is 0 Å². The van der Waals surface area contributed by atoms with Gasteiger partial charge in [0.05, 0.1) is 12.7 Å². The molecule has 0 heterocycles. The number of nitrogens with one attached hydrogen (secondary N) is 1. The third-order valence-corrected chi connectivity index (χ3v) is 6.09. The van der Waals surface area contributed by atoms with Crippen LogP contribution in [0.2, 0.25) is 0 Å². The van der Waals surface area contributed by atoms with Crippen LogP contribution in [0.1, 0.15) is 66.0 Å². The fraction of sp³-hybridized carbons (Fsp3) is 0.480. The van der Waals surface area contributed by atoms with Crippen molar-refractivity contribution in [3.8, 4) is 5.75 Å². The second-order valence-electron chi connectivity index (χ2n) is 8.42. The zero-order valence-electron chi connectivity index (χ0n) is 19.8. The van der Waals surface area contributed by atoms with Crippen LogP contribution in [0.3, 0.4) is 0 Å². The molecule has 0 bridgehead atoms. The van der Waals surface area contributed by atoms with Crippen molar-refractivity contribution in [3.63, 3.8) is 0 Å².